The largest absolute Gasteiger partial charge is 0.497 e. The van der Waals surface area contributed by atoms with Crippen molar-refractivity contribution in [3.63, 3.8) is 0 Å². The van der Waals surface area contributed by atoms with Gasteiger partial charge in [0.25, 0.3) is 0 Å². The van der Waals surface area contributed by atoms with Crippen LogP contribution in [0, 0.1) is 0 Å². The number of hydrogen-bond donors (Lipinski definition) is 2. The van der Waals surface area contributed by atoms with E-state index in [4.69, 9.17) is 10.5 Å². The number of nitrogens with two attached hydrogens (primary N) is 1. The van der Waals surface area contributed by atoms with Crippen LogP contribution in [0.4, 0.5) is 0 Å². The second-order valence-corrected chi connectivity index (χ2v) is 4.93. The van der Waals surface area contributed by atoms with E-state index in [1.54, 1.807) is 7.11 Å². The Morgan fingerprint density at radius 1 is 1.29 bits per heavy atom. The highest BCUT2D eigenvalue weighted by atomic mass is 35.5. The highest BCUT2D eigenvalue weighted by Gasteiger charge is 2.14. The molecule has 1 rings (SSSR count). The molecule has 5 heteroatoms. The minimum atomic E-state index is 0. The van der Waals surface area contributed by atoms with Crippen LogP contribution in [0.1, 0.15) is 50.6 Å². The molecule has 1 aromatic carbocycles. The molecule has 1 amide bonds. The van der Waals surface area contributed by atoms with Gasteiger partial charge in [-0.15, -0.1) is 12.4 Å². The molecule has 0 bridgehead atoms. The van der Waals surface area contributed by atoms with Gasteiger partial charge in [-0.1, -0.05) is 31.9 Å². The van der Waals surface area contributed by atoms with Gasteiger partial charge in [0.15, 0.2) is 0 Å². The number of methoxy groups -OCH3 is 1. The quantitative estimate of drug-likeness (QED) is 0.735. The number of hydrogen-bond acceptors (Lipinski definition) is 3. The van der Waals surface area contributed by atoms with Crippen molar-refractivity contribution in [1.29, 1.82) is 0 Å². The molecule has 120 valence electrons. The summed E-state index contributed by atoms with van der Waals surface area (Å²) in [4.78, 5) is 11.9. The minimum Gasteiger partial charge on any atom is -0.497 e. The second-order valence-electron chi connectivity index (χ2n) is 4.93. The Hall–Kier alpha value is -1.26. The van der Waals surface area contributed by atoms with Crippen LogP contribution in [-0.2, 0) is 4.79 Å². The first-order valence-electron chi connectivity index (χ1n) is 7.34. The summed E-state index contributed by atoms with van der Waals surface area (Å²) >= 11 is 0. The van der Waals surface area contributed by atoms with E-state index < -0.39 is 0 Å². The van der Waals surface area contributed by atoms with Crippen LogP contribution in [0.5, 0.6) is 5.75 Å². The van der Waals surface area contributed by atoms with Crippen LogP contribution < -0.4 is 15.8 Å². The van der Waals surface area contributed by atoms with Crippen molar-refractivity contribution in [3.8, 4) is 5.75 Å². The van der Waals surface area contributed by atoms with E-state index in [0.29, 0.717) is 13.0 Å². The Morgan fingerprint density at radius 3 is 2.48 bits per heavy atom. The highest BCUT2D eigenvalue weighted by Crippen LogP contribution is 2.22. The molecular weight excluding hydrogens is 288 g/mol. The lowest BCUT2D eigenvalue weighted by molar-refractivity contribution is -0.122. The number of amides is 1. The average molecular weight is 315 g/mol. The molecule has 0 aromatic heterocycles. The fraction of sp³-hybridized carbons (Fsp3) is 0.562. The Morgan fingerprint density at radius 2 is 1.95 bits per heavy atom. The Balaban J connectivity index is 0.00000400. The van der Waals surface area contributed by atoms with Crippen LogP contribution in [0.3, 0.4) is 0 Å². The summed E-state index contributed by atoms with van der Waals surface area (Å²) < 4.78 is 5.16. The molecular formula is C16H27ClN2O2. The van der Waals surface area contributed by atoms with E-state index in [1.807, 2.05) is 24.3 Å². The second kappa shape index (κ2) is 11.4. The monoisotopic (exact) mass is 314 g/mol. The summed E-state index contributed by atoms with van der Waals surface area (Å²) in [7, 11) is 1.65. The summed E-state index contributed by atoms with van der Waals surface area (Å²) in [6.45, 7) is 2.71. The number of nitrogens with one attached hydrogen (secondary N) is 1. The normalized spacial score (nSPS) is 11.4. The van der Waals surface area contributed by atoms with E-state index in [-0.39, 0.29) is 24.4 Å². The zero-order valence-electron chi connectivity index (χ0n) is 12.9. The summed E-state index contributed by atoms with van der Waals surface area (Å²) in [5.41, 5.74) is 6.56. The maximum Gasteiger partial charge on any atom is 0.220 e. The fourth-order valence-corrected chi connectivity index (χ4v) is 2.10. The molecule has 0 fully saturated rings. The maximum atomic E-state index is 11.9. The first kappa shape index (κ1) is 19.7. The molecule has 0 heterocycles. The molecule has 3 N–H and O–H groups in total. The van der Waals surface area contributed by atoms with E-state index in [9.17, 15) is 4.79 Å². The third kappa shape index (κ3) is 7.34. The lowest BCUT2D eigenvalue weighted by Gasteiger charge is -2.19. The maximum absolute atomic E-state index is 11.9. The minimum absolute atomic E-state index is 0. The van der Waals surface area contributed by atoms with Crippen molar-refractivity contribution in [2.75, 3.05) is 13.7 Å². The molecule has 0 aliphatic rings. The first-order valence-corrected chi connectivity index (χ1v) is 7.34. The summed E-state index contributed by atoms with van der Waals surface area (Å²) in [5.74, 6) is 0.907. The van der Waals surface area contributed by atoms with Crippen molar-refractivity contribution in [3.05, 3.63) is 29.8 Å². The number of ether oxygens (including phenoxy) is 1. The topological polar surface area (TPSA) is 64.4 Å². The first-order chi connectivity index (χ1) is 9.71. The van der Waals surface area contributed by atoms with Gasteiger partial charge in [0, 0.05) is 6.42 Å². The van der Waals surface area contributed by atoms with Gasteiger partial charge < -0.3 is 15.8 Å². The number of carbonyl (C=O) groups is 1. The van der Waals surface area contributed by atoms with Gasteiger partial charge in [0.2, 0.25) is 5.91 Å². The van der Waals surface area contributed by atoms with E-state index in [0.717, 1.165) is 37.0 Å². The number of unbranched alkanes of at least 4 members (excludes halogenated alkanes) is 1. The lowest BCUT2D eigenvalue weighted by atomic mass is 10.0. The molecule has 0 radical (unpaired) electrons. The Labute approximate surface area is 133 Å². The number of halogens is 1. The molecule has 0 spiro atoms. The van der Waals surface area contributed by atoms with Gasteiger partial charge in [0.1, 0.15) is 5.75 Å². The van der Waals surface area contributed by atoms with E-state index >= 15 is 0 Å². The number of rotatable bonds is 9. The van der Waals surface area contributed by atoms with Gasteiger partial charge >= 0.3 is 0 Å². The fourth-order valence-electron chi connectivity index (χ4n) is 2.10. The molecule has 1 unspecified atom stereocenters. The molecule has 0 aliphatic carbocycles. The van der Waals surface area contributed by atoms with Crippen LogP contribution in [0.2, 0.25) is 0 Å². The van der Waals surface area contributed by atoms with Crippen LogP contribution in [0.25, 0.3) is 0 Å². The van der Waals surface area contributed by atoms with E-state index in [2.05, 4.69) is 12.2 Å². The third-order valence-electron chi connectivity index (χ3n) is 3.31. The zero-order valence-corrected chi connectivity index (χ0v) is 13.7. The van der Waals surface area contributed by atoms with Gasteiger partial charge in [-0.3, -0.25) is 4.79 Å². The molecule has 21 heavy (non-hydrogen) atoms. The molecule has 0 saturated heterocycles. The average Bonchev–Trinajstić information content (AvgIpc) is 2.49. The van der Waals surface area contributed by atoms with Gasteiger partial charge in [-0.05, 0) is 37.1 Å². The molecule has 1 atom stereocenters. The predicted molar refractivity (Wildman–Crippen MR) is 88.9 cm³/mol. The molecule has 1 aromatic rings. The highest BCUT2D eigenvalue weighted by molar-refractivity contribution is 5.85. The third-order valence-corrected chi connectivity index (χ3v) is 3.31. The Kier molecular flexibility index (Phi) is 10.7. The van der Waals surface area contributed by atoms with Crippen molar-refractivity contribution in [1.82, 2.24) is 5.32 Å². The summed E-state index contributed by atoms with van der Waals surface area (Å²) in [6.07, 6.45) is 4.39. The summed E-state index contributed by atoms with van der Waals surface area (Å²) in [6, 6.07) is 7.97. The molecule has 0 saturated carbocycles. The number of carbonyl (C=O) groups excluding carboxylic acids is 1. The van der Waals surface area contributed by atoms with Gasteiger partial charge in [0.05, 0.1) is 13.2 Å². The lowest BCUT2D eigenvalue weighted by Crippen LogP contribution is -2.28. The van der Waals surface area contributed by atoms with Crippen molar-refractivity contribution < 1.29 is 9.53 Å². The van der Waals surface area contributed by atoms with Crippen molar-refractivity contribution in [2.24, 2.45) is 5.73 Å². The molecule has 0 aliphatic heterocycles. The number of benzene rings is 1. The predicted octanol–water partition coefficient (Wildman–Crippen LogP) is 3.20. The van der Waals surface area contributed by atoms with Gasteiger partial charge in [-0.25, -0.2) is 0 Å². The van der Waals surface area contributed by atoms with Gasteiger partial charge in [-0.2, -0.15) is 0 Å². The standard InChI is InChI=1S/C16H26N2O2.ClH/c1-3-4-6-15(18-16(19)7-5-12-17)13-8-10-14(20-2)11-9-13;/h8-11,15H,3-7,12,17H2,1-2H3,(H,18,19);1H. The van der Waals surface area contributed by atoms with Crippen LogP contribution in [-0.4, -0.2) is 19.6 Å². The summed E-state index contributed by atoms with van der Waals surface area (Å²) in [5, 5.41) is 3.11. The Bertz CT molecular complexity index is 396. The molecule has 4 nitrogen and oxygen atoms in total. The smallest absolute Gasteiger partial charge is 0.220 e. The van der Waals surface area contributed by atoms with Crippen LogP contribution in [0.15, 0.2) is 24.3 Å². The van der Waals surface area contributed by atoms with Crippen LogP contribution >= 0.6 is 12.4 Å². The zero-order chi connectivity index (χ0) is 14.8. The van der Waals surface area contributed by atoms with E-state index in [1.165, 1.54) is 0 Å². The van der Waals surface area contributed by atoms with Crippen molar-refractivity contribution in [2.45, 2.75) is 45.1 Å². The SMILES string of the molecule is CCCCC(NC(=O)CCCN)c1ccc(OC)cc1.Cl. The van der Waals surface area contributed by atoms with Crippen molar-refractivity contribution >= 4 is 18.3 Å².